The number of methoxy groups -OCH3 is 1. The van der Waals surface area contributed by atoms with Gasteiger partial charge < -0.3 is 25.6 Å². The van der Waals surface area contributed by atoms with Gasteiger partial charge in [0.2, 0.25) is 0 Å². The van der Waals surface area contributed by atoms with Gasteiger partial charge in [0.25, 0.3) is 5.91 Å². The number of amides is 1. The number of allylic oxidation sites excluding steroid dienone is 5. The van der Waals surface area contributed by atoms with Gasteiger partial charge in [0.1, 0.15) is 16.9 Å². The molecule has 2 aliphatic rings. The Morgan fingerprint density at radius 3 is 2.45 bits per heavy atom. The second kappa shape index (κ2) is 13.6. The number of carboxylic acids is 1. The maximum absolute atomic E-state index is 11.9. The lowest BCUT2D eigenvalue weighted by Crippen LogP contribution is -2.48. The number of aliphatic imine (C=N–C) groups is 1. The summed E-state index contributed by atoms with van der Waals surface area (Å²) in [7, 11) is 1.51. The molecule has 0 aromatic rings. The number of rotatable bonds is 8. The Morgan fingerprint density at radius 2 is 1.94 bits per heavy atom. The normalized spacial score (nSPS) is 18.8. The van der Waals surface area contributed by atoms with Gasteiger partial charge in [0.05, 0.1) is 18.5 Å². The van der Waals surface area contributed by atoms with E-state index in [1.54, 1.807) is 13.0 Å². The lowest BCUT2D eigenvalue weighted by molar-refractivity contribution is -0.143. The van der Waals surface area contributed by atoms with Crippen molar-refractivity contribution in [3.05, 3.63) is 46.5 Å². The van der Waals surface area contributed by atoms with Gasteiger partial charge in [-0.25, -0.2) is 4.79 Å². The standard InChI is InChI=1S/C13H16N2O3.C12H23NO2/c1-8(15-2)11(13(16)17)12(14)9-6-4-5-7-10(9)18-3;1-4-15-12(2,3)11(14)13-10-8-6-5-7-9-10/h4-5,7H,2,6,14H2,1,3H3,(H,16,17);10H,4-9H2,1-3H3,(H,13,14)/b11-8+,12-9-;. The number of hydrogen-bond acceptors (Lipinski definition) is 6. The number of ether oxygens (including phenoxy) is 2. The highest BCUT2D eigenvalue weighted by Gasteiger charge is 2.30. The zero-order chi connectivity index (χ0) is 25.0. The number of aliphatic carboxylic acids is 1. The van der Waals surface area contributed by atoms with E-state index >= 15 is 0 Å². The summed E-state index contributed by atoms with van der Waals surface area (Å²) in [4.78, 5) is 26.8. The van der Waals surface area contributed by atoms with E-state index in [1.165, 1.54) is 26.4 Å². The van der Waals surface area contributed by atoms with E-state index in [0.29, 0.717) is 30.4 Å². The molecule has 4 N–H and O–H groups in total. The third-order valence-corrected chi connectivity index (χ3v) is 5.62. The number of carboxylic acid groups (broad SMARTS) is 1. The van der Waals surface area contributed by atoms with E-state index in [4.69, 9.17) is 15.2 Å². The molecular weight excluding hydrogens is 422 g/mol. The monoisotopic (exact) mass is 461 g/mol. The summed E-state index contributed by atoms with van der Waals surface area (Å²) < 4.78 is 10.6. The third-order valence-electron chi connectivity index (χ3n) is 5.62. The van der Waals surface area contributed by atoms with Crippen LogP contribution in [-0.2, 0) is 19.1 Å². The average Bonchev–Trinajstić information content (AvgIpc) is 2.79. The summed E-state index contributed by atoms with van der Waals surface area (Å²) in [5.41, 5.74) is 6.27. The maximum atomic E-state index is 11.9. The molecule has 0 radical (unpaired) electrons. The van der Waals surface area contributed by atoms with E-state index in [1.807, 2.05) is 32.9 Å². The van der Waals surface area contributed by atoms with E-state index in [-0.39, 0.29) is 22.9 Å². The minimum Gasteiger partial charge on any atom is -0.496 e. The van der Waals surface area contributed by atoms with E-state index in [9.17, 15) is 14.7 Å². The van der Waals surface area contributed by atoms with Crippen LogP contribution in [0.5, 0.6) is 0 Å². The molecule has 0 aliphatic heterocycles. The first-order chi connectivity index (χ1) is 15.6. The van der Waals surface area contributed by atoms with E-state index in [2.05, 4.69) is 17.0 Å². The van der Waals surface area contributed by atoms with Crippen molar-refractivity contribution >= 4 is 18.6 Å². The topological polar surface area (TPSA) is 123 Å². The third kappa shape index (κ3) is 8.53. The molecule has 0 heterocycles. The number of nitrogens with two attached hydrogens (primary N) is 1. The smallest absolute Gasteiger partial charge is 0.339 e. The van der Waals surface area contributed by atoms with Gasteiger partial charge in [-0.15, -0.1) is 0 Å². The van der Waals surface area contributed by atoms with Crippen molar-refractivity contribution in [1.82, 2.24) is 5.32 Å². The predicted molar refractivity (Wildman–Crippen MR) is 131 cm³/mol. The van der Waals surface area contributed by atoms with Crippen LogP contribution in [0.3, 0.4) is 0 Å². The van der Waals surface area contributed by atoms with Crippen molar-refractivity contribution < 1.29 is 24.2 Å². The van der Waals surface area contributed by atoms with Crippen molar-refractivity contribution in [3.63, 3.8) is 0 Å². The van der Waals surface area contributed by atoms with Gasteiger partial charge in [-0.2, -0.15) is 0 Å². The molecule has 8 nitrogen and oxygen atoms in total. The fourth-order valence-corrected chi connectivity index (χ4v) is 3.70. The molecule has 184 valence electrons. The Hall–Kier alpha value is -2.87. The molecule has 0 aromatic carbocycles. The van der Waals surface area contributed by atoms with Crippen LogP contribution in [0.2, 0.25) is 0 Å². The number of nitrogens with zero attached hydrogens (tertiary/aromatic N) is 1. The van der Waals surface area contributed by atoms with Crippen molar-refractivity contribution in [2.24, 2.45) is 10.7 Å². The van der Waals surface area contributed by atoms with Crippen LogP contribution in [0, 0.1) is 0 Å². The van der Waals surface area contributed by atoms with Crippen molar-refractivity contribution in [2.45, 2.75) is 77.9 Å². The first kappa shape index (κ1) is 28.2. The Balaban J connectivity index is 0.000000335. The molecule has 0 unspecified atom stereocenters. The molecule has 1 amide bonds. The summed E-state index contributed by atoms with van der Waals surface area (Å²) in [6.07, 6.45) is 12.0. The van der Waals surface area contributed by atoms with Crippen LogP contribution in [0.25, 0.3) is 0 Å². The Bertz CT molecular complexity index is 831. The summed E-state index contributed by atoms with van der Waals surface area (Å²) in [5.74, 6) is -0.545. The van der Waals surface area contributed by atoms with Crippen molar-refractivity contribution in [3.8, 4) is 0 Å². The maximum Gasteiger partial charge on any atom is 0.339 e. The second-order valence-electron chi connectivity index (χ2n) is 8.43. The first-order valence-corrected chi connectivity index (χ1v) is 11.3. The number of nitrogens with one attached hydrogen (secondary N) is 1. The first-order valence-electron chi connectivity index (χ1n) is 11.3. The van der Waals surface area contributed by atoms with Gasteiger partial charge in [0, 0.05) is 18.2 Å². The SMILES string of the molecule is C=N/C(C)=C(C(=O)O)\C(N)=C1/CC=CC=C1OC.CCOC(C)(C)C(=O)NC1CCCCC1. The van der Waals surface area contributed by atoms with Gasteiger partial charge in [-0.3, -0.25) is 9.79 Å². The highest BCUT2D eigenvalue weighted by molar-refractivity contribution is 5.93. The number of hydrogen-bond donors (Lipinski definition) is 3. The quantitative estimate of drug-likeness (QED) is 0.371. The summed E-state index contributed by atoms with van der Waals surface area (Å²) >= 11 is 0. The molecule has 1 fully saturated rings. The van der Waals surface area contributed by atoms with Crippen LogP contribution >= 0.6 is 0 Å². The van der Waals surface area contributed by atoms with Crippen LogP contribution in [0.1, 0.15) is 66.2 Å². The zero-order valence-corrected chi connectivity index (χ0v) is 20.6. The molecule has 0 atom stereocenters. The zero-order valence-electron chi connectivity index (χ0n) is 20.6. The largest absolute Gasteiger partial charge is 0.496 e. The van der Waals surface area contributed by atoms with Crippen LogP contribution in [-0.4, -0.2) is 49.1 Å². The molecule has 0 aromatic heterocycles. The minimum absolute atomic E-state index is 0.0243. The predicted octanol–water partition coefficient (Wildman–Crippen LogP) is 4.00. The van der Waals surface area contributed by atoms with Crippen LogP contribution < -0.4 is 11.1 Å². The highest BCUT2D eigenvalue weighted by atomic mass is 16.5. The molecule has 1 saturated carbocycles. The van der Waals surface area contributed by atoms with Gasteiger partial charge in [-0.05, 0) is 59.8 Å². The average molecular weight is 462 g/mol. The highest BCUT2D eigenvalue weighted by Crippen LogP contribution is 2.26. The summed E-state index contributed by atoms with van der Waals surface area (Å²) in [5, 5.41) is 12.3. The summed E-state index contributed by atoms with van der Waals surface area (Å²) in [6, 6.07) is 0.367. The summed E-state index contributed by atoms with van der Waals surface area (Å²) in [6.45, 7) is 11.0. The van der Waals surface area contributed by atoms with Crippen molar-refractivity contribution in [1.29, 1.82) is 0 Å². The Morgan fingerprint density at radius 1 is 1.30 bits per heavy atom. The molecule has 33 heavy (non-hydrogen) atoms. The molecule has 8 heteroatoms. The molecule has 0 bridgehead atoms. The van der Waals surface area contributed by atoms with Crippen molar-refractivity contribution in [2.75, 3.05) is 13.7 Å². The molecule has 2 rings (SSSR count). The van der Waals surface area contributed by atoms with Crippen LogP contribution in [0.4, 0.5) is 0 Å². The molecule has 0 saturated heterocycles. The van der Waals surface area contributed by atoms with E-state index < -0.39 is 11.6 Å². The second-order valence-corrected chi connectivity index (χ2v) is 8.43. The van der Waals surface area contributed by atoms with Gasteiger partial charge in [0.15, 0.2) is 0 Å². The minimum atomic E-state index is -1.13. The fraction of sp³-hybridized carbons (Fsp3) is 0.560. The molecular formula is C25H39N3O5. The fourth-order valence-electron chi connectivity index (χ4n) is 3.70. The van der Waals surface area contributed by atoms with E-state index in [0.717, 1.165) is 12.8 Å². The van der Waals surface area contributed by atoms with Gasteiger partial charge >= 0.3 is 5.97 Å². The Labute approximate surface area is 197 Å². The van der Waals surface area contributed by atoms with Gasteiger partial charge in [-0.1, -0.05) is 31.4 Å². The number of carbonyl (C=O) groups excluding carboxylic acids is 1. The van der Waals surface area contributed by atoms with Crippen LogP contribution in [0.15, 0.2) is 51.5 Å². The lowest BCUT2D eigenvalue weighted by atomic mass is 9.94. The Kier molecular flexibility index (Phi) is 11.6. The molecule has 2 aliphatic carbocycles. The number of carbonyl (C=O) groups is 2. The lowest BCUT2D eigenvalue weighted by Gasteiger charge is -2.29. The molecule has 0 spiro atoms.